The van der Waals surface area contributed by atoms with E-state index < -0.39 is 24.3 Å². The van der Waals surface area contributed by atoms with Crippen LogP contribution in [0.2, 0.25) is 0 Å². The molecule has 4 N–H and O–H groups in total. The lowest BCUT2D eigenvalue weighted by Gasteiger charge is -2.30. The molecule has 5 atom stereocenters. The van der Waals surface area contributed by atoms with Crippen LogP contribution in [0.4, 0.5) is 9.59 Å². The summed E-state index contributed by atoms with van der Waals surface area (Å²) in [5.74, 6) is 2.13. The first kappa shape index (κ1) is 39.4. The number of nitrogens with zero attached hydrogens (tertiary/aromatic N) is 4. The quantitative estimate of drug-likeness (QED) is 0.126. The third kappa shape index (κ3) is 7.77. The predicted molar refractivity (Wildman–Crippen MR) is 214 cm³/mol. The van der Waals surface area contributed by atoms with Crippen molar-refractivity contribution in [3.63, 3.8) is 0 Å². The van der Waals surface area contributed by atoms with E-state index >= 15 is 0 Å². The molecule has 16 heteroatoms. The van der Waals surface area contributed by atoms with Gasteiger partial charge in [0.05, 0.1) is 38.2 Å². The minimum absolute atomic E-state index is 0.0963. The van der Waals surface area contributed by atoms with E-state index in [9.17, 15) is 19.2 Å². The van der Waals surface area contributed by atoms with Gasteiger partial charge < -0.3 is 39.9 Å². The van der Waals surface area contributed by atoms with Gasteiger partial charge >= 0.3 is 12.2 Å². The number of carbonyl (C=O) groups is 4. The molecule has 298 valence electrons. The highest BCUT2D eigenvalue weighted by Gasteiger charge is 2.40. The number of thiophene rings is 1. The van der Waals surface area contributed by atoms with E-state index in [0.29, 0.717) is 13.1 Å². The van der Waals surface area contributed by atoms with Crippen molar-refractivity contribution in [2.75, 3.05) is 33.1 Å². The van der Waals surface area contributed by atoms with Crippen LogP contribution in [-0.2, 0) is 19.1 Å². The molecule has 0 bridgehead atoms. The number of likely N-dealkylation sites (tertiary alicyclic amines) is 2. The number of alkyl carbamates (subject to hydrolysis) is 2. The van der Waals surface area contributed by atoms with Crippen molar-refractivity contribution < 1.29 is 28.7 Å². The summed E-state index contributed by atoms with van der Waals surface area (Å²) in [6.45, 7) is 8.85. The number of aromatic nitrogens is 4. The third-order valence-corrected chi connectivity index (χ3v) is 13.5. The van der Waals surface area contributed by atoms with Crippen molar-refractivity contribution in [3.05, 3.63) is 64.3 Å². The summed E-state index contributed by atoms with van der Waals surface area (Å²) in [4.78, 5) is 74.0. The molecule has 1 aromatic carbocycles. The second-order valence-corrected chi connectivity index (χ2v) is 17.2. The second kappa shape index (κ2) is 16.7. The molecule has 3 aliphatic rings. The summed E-state index contributed by atoms with van der Waals surface area (Å²) >= 11 is 3.62. The Balaban J connectivity index is 1.03. The highest BCUT2D eigenvalue weighted by atomic mass is 32.2. The van der Waals surface area contributed by atoms with E-state index in [1.165, 1.54) is 29.6 Å². The zero-order valence-corrected chi connectivity index (χ0v) is 34.2. The zero-order valence-electron chi connectivity index (χ0n) is 32.6. The van der Waals surface area contributed by atoms with E-state index in [-0.39, 0.29) is 41.7 Å². The first-order valence-electron chi connectivity index (χ1n) is 19.2. The van der Waals surface area contributed by atoms with E-state index in [4.69, 9.17) is 19.4 Å². The number of ether oxygens (including phenoxy) is 2. The van der Waals surface area contributed by atoms with Gasteiger partial charge in [-0.3, -0.25) is 9.59 Å². The Labute approximate surface area is 334 Å². The number of fused-ring (bicyclic) bond motifs is 1. The van der Waals surface area contributed by atoms with Crippen LogP contribution < -0.4 is 10.6 Å². The van der Waals surface area contributed by atoms with Gasteiger partial charge in [0, 0.05) is 57.4 Å². The Morgan fingerprint density at radius 1 is 0.786 bits per heavy atom. The number of aromatic amines is 2. The molecule has 56 heavy (non-hydrogen) atoms. The maximum atomic E-state index is 13.6. The van der Waals surface area contributed by atoms with Gasteiger partial charge in [0.1, 0.15) is 23.7 Å². The number of imidazole rings is 2. The largest absolute Gasteiger partial charge is 0.453 e. The molecule has 0 aliphatic carbocycles. The Hall–Kier alpha value is -4.83. The molecule has 2 saturated heterocycles. The average Bonchev–Trinajstić information content (AvgIpc) is 4.04. The number of benzene rings is 1. The van der Waals surface area contributed by atoms with Gasteiger partial charge in [-0.1, -0.05) is 52.0 Å². The molecule has 4 amide bonds. The predicted octanol–water partition coefficient (Wildman–Crippen LogP) is 6.85. The van der Waals surface area contributed by atoms with Gasteiger partial charge in [-0.05, 0) is 48.6 Å². The van der Waals surface area contributed by atoms with Crippen LogP contribution in [-0.4, -0.2) is 98.9 Å². The Bertz CT molecular complexity index is 2060. The summed E-state index contributed by atoms with van der Waals surface area (Å²) in [7, 11) is 2.59. The SMILES string of the molecule is COC(=O)N[C@H](C(=O)N1CCCC1c1ncc(-c2ccc(-c3csc4c3SCC4c3cnc(C4CCCN4C(=O)[C@@H](NC(=O)OC)C(C)C)[nH]3)cc2)[nH]1)C(C)C. The van der Waals surface area contributed by atoms with Crippen molar-refractivity contribution >= 4 is 47.1 Å². The fraction of sp³-hybridized carbons (Fsp3) is 0.500. The van der Waals surface area contributed by atoms with Crippen molar-refractivity contribution in [2.24, 2.45) is 11.8 Å². The maximum Gasteiger partial charge on any atom is 0.407 e. The summed E-state index contributed by atoms with van der Waals surface area (Å²) in [5, 5.41) is 7.65. The highest BCUT2D eigenvalue weighted by molar-refractivity contribution is 8.00. The molecular weight excluding hydrogens is 753 g/mol. The molecule has 3 aliphatic heterocycles. The van der Waals surface area contributed by atoms with Gasteiger partial charge in [-0.25, -0.2) is 19.6 Å². The molecule has 0 spiro atoms. The number of nitrogens with one attached hydrogen (secondary N) is 4. The molecule has 2 fully saturated rings. The summed E-state index contributed by atoms with van der Waals surface area (Å²) < 4.78 is 9.55. The van der Waals surface area contributed by atoms with Gasteiger partial charge in [0.2, 0.25) is 11.8 Å². The van der Waals surface area contributed by atoms with Crippen LogP contribution >= 0.6 is 23.1 Å². The zero-order chi connectivity index (χ0) is 39.7. The average molecular weight is 803 g/mol. The van der Waals surface area contributed by atoms with Gasteiger partial charge in [-0.15, -0.1) is 23.1 Å². The van der Waals surface area contributed by atoms with Crippen LogP contribution in [0.15, 0.2) is 46.9 Å². The molecule has 3 unspecified atom stereocenters. The lowest BCUT2D eigenvalue weighted by molar-refractivity contribution is -0.136. The van der Waals surface area contributed by atoms with Crippen LogP contribution in [0.1, 0.15) is 93.6 Å². The minimum Gasteiger partial charge on any atom is -0.453 e. The lowest BCUT2D eigenvalue weighted by atomic mass is 10.0. The number of H-pyrrole nitrogens is 2. The van der Waals surface area contributed by atoms with Gasteiger partial charge in [0.25, 0.3) is 0 Å². The van der Waals surface area contributed by atoms with Gasteiger partial charge in [0.15, 0.2) is 0 Å². The summed E-state index contributed by atoms with van der Waals surface area (Å²) in [6, 6.07) is 6.74. The number of carbonyl (C=O) groups excluding carboxylic acids is 4. The molecule has 0 saturated carbocycles. The summed E-state index contributed by atoms with van der Waals surface area (Å²) in [6.07, 6.45) is 5.81. The Kier molecular flexibility index (Phi) is 11.8. The first-order valence-corrected chi connectivity index (χ1v) is 21.1. The van der Waals surface area contributed by atoms with Crippen molar-refractivity contribution in [1.29, 1.82) is 0 Å². The van der Waals surface area contributed by atoms with Crippen LogP contribution in [0.3, 0.4) is 0 Å². The molecule has 4 aromatic rings. The second-order valence-electron chi connectivity index (χ2n) is 15.3. The topological polar surface area (TPSA) is 175 Å². The fourth-order valence-electron chi connectivity index (χ4n) is 7.99. The number of hydrogen-bond donors (Lipinski definition) is 4. The number of rotatable bonds is 11. The Morgan fingerprint density at radius 3 is 1.88 bits per heavy atom. The van der Waals surface area contributed by atoms with E-state index in [0.717, 1.165) is 65.6 Å². The maximum absolute atomic E-state index is 13.6. The van der Waals surface area contributed by atoms with Crippen molar-refractivity contribution in [2.45, 2.75) is 88.4 Å². The number of methoxy groups -OCH3 is 2. The number of hydrogen-bond acceptors (Lipinski definition) is 10. The van der Waals surface area contributed by atoms with Crippen LogP contribution in [0.5, 0.6) is 0 Å². The third-order valence-electron chi connectivity index (χ3n) is 11.1. The van der Waals surface area contributed by atoms with E-state index in [1.54, 1.807) is 11.3 Å². The minimum atomic E-state index is -0.684. The van der Waals surface area contributed by atoms with Crippen LogP contribution in [0, 0.1) is 11.8 Å². The van der Waals surface area contributed by atoms with E-state index in [2.05, 4.69) is 50.2 Å². The molecule has 7 rings (SSSR count). The smallest absolute Gasteiger partial charge is 0.407 e. The fourth-order valence-corrected chi connectivity index (χ4v) is 10.9. The molecule has 3 aromatic heterocycles. The van der Waals surface area contributed by atoms with E-state index in [1.807, 2.05) is 61.7 Å². The molecule has 14 nitrogen and oxygen atoms in total. The van der Waals surface area contributed by atoms with Crippen molar-refractivity contribution in [3.8, 4) is 22.4 Å². The Morgan fingerprint density at radius 2 is 1.32 bits per heavy atom. The van der Waals surface area contributed by atoms with Crippen LogP contribution in [0.25, 0.3) is 22.4 Å². The molecular formula is C40H50N8O6S2. The summed E-state index contributed by atoms with van der Waals surface area (Å²) in [5.41, 5.74) is 5.26. The molecule has 6 heterocycles. The normalized spacial score (nSPS) is 20.3. The highest BCUT2D eigenvalue weighted by Crippen LogP contribution is 2.51. The molecule has 0 radical (unpaired) electrons. The first-order chi connectivity index (χ1) is 27.0. The van der Waals surface area contributed by atoms with Gasteiger partial charge in [-0.2, -0.15) is 0 Å². The lowest BCUT2D eigenvalue weighted by Crippen LogP contribution is -2.51. The standard InChI is InChI=1S/C40H50N8O6S2/c1-21(2)31(45-39(51)53-5)37(49)47-15-7-9-29(47)35-41-17-27(43-35)24-13-11-23(12-14-24)25-19-55-34-26(20-56-33(25)34)28-18-42-36(44-28)30-10-8-16-48(30)38(50)32(22(3)4)46-40(52)54-6/h11-14,17-19,21-22,26,29-32H,7-10,15-16,20H2,1-6H3,(H,41,43)(H,42,44)(H,45,51)(H,46,52)/t26?,29?,30?,31-,32-/m0/s1. The number of amides is 4. The monoisotopic (exact) mass is 802 g/mol. The number of thioether (sulfide) groups is 1. The van der Waals surface area contributed by atoms with Crippen molar-refractivity contribution in [1.82, 2.24) is 40.4 Å².